The standard InChI is InChI=1S/C13H19NOS/c1-2-12-4-3-5-13(10-12)11-14-6-8-16(15)9-7-14/h3-5,10H,2,6-9,11H2,1H3. The number of benzene rings is 1. The first-order valence-corrected chi connectivity index (χ1v) is 7.42. The summed E-state index contributed by atoms with van der Waals surface area (Å²) in [5.41, 5.74) is 2.78. The van der Waals surface area contributed by atoms with Crippen LogP contribution in [0.1, 0.15) is 18.1 Å². The van der Waals surface area contributed by atoms with E-state index in [1.165, 1.54) is 11.1 Å². The summed E-state index contributed by atoms with van der Waals surface area (Å²) in [5.74, 6) is 1.68. The summed E-state index contributed by atoms with van der Waals surface area (Å²) in [4.78, 5) is 2.40. The first-order chi connectivity index (χ1) is 7.78. The zero-order valence-electron chi connectivity index (χ0n) is 9.82. The van der Waals surface area contributed by atoms with Gasteiger partial charge >= 0.3 is 0 Å². The minimum atomic E-state index is -0.567. The van der Waals surface area contributed by atoms with Crippen LogP contribution in [0, 0.1) is 0 Å². The van der Waals surface area contributed by atoms with Crippen LogP contribution < -0.4 is 0 Å². The number of nitrogens with zero attached hydrogens (tertiary/aromatic N) is 1. The van der Waals surface area contributed by atoms with Gasteiger partial charge in [0.2, 0.25) is 0 Å². The van der Waals surface area contributed by atoms with Gasteiger partial charge in [0.05, 0.1) is 0 Å². The van der Waals surface area contributed by atoms with Crippen LogP contribution in [0.5, 0.6) is 0 Å². The first-order valence-electron chi connectivity index (χ1n) is 5.93. The van der Waals surface area contributed by atoms with Gasteiger partial charge in [0.25, 0.3) is 0 Å². The van der Waals surface area contributed by atoms with E-state index < -0.39 is 10.8 Å². The molecule has 0 saturated carbocycles. The van der Waals surface area contributed by atoms with E-state index in [0.717, 1.165) is 37.6 Å². The molecule has 1 saturated heterocycles. The van der Waals surface area contributed by atoms with Crippen molar-refractivity contribution in [1.29, 1.82) is 0 Å². The van der Waals surface area contributed by atoms with Crippen molar-refractivity contribution in [2.75, 3.05) is 24.6 Å². The van der Waals surface area contributed by atoms with Gasteiger partial charge in [-0.25, -0.2) is 0 Å². The molecule has 0 atom stereocenters. The maximum Gasteiger partial charge on any atom is 0.0363 e. The summed E-state index contributed by atoms with van der Waals surface area (Å²) in [6, 6.07) is 8.78. The molecule has 88 valence electrons. The Kier molecular flexibility index (Phi) is 4.13. The molecular weight excluding hydrogens is 218 g/mol. The summed E-state index contributed by atoms with van der Waals surface area (Å²) in [5, 5.41) is 0. The van der Waals surface area contributed by atoms with Crippen LogP contribution in [0.2, 0.25) is 0 Å². The molecule has 0 aliphatic carbocycles. The van der Waals surface area contributed by atoms with Crippen molar-refractivity contribution in [2.45, 2.75) is 19.9 Å². The monoisotopic (exact) mass is 237 g/mol. The summed E-state index contributed by atoms with van der Waals surface area (Å²) in [6.07, 6.45) is 1.10. The quantitative estimate of drug-likeness (QED) is 0.799. The fraction of sp³-hybridized carbons (Fsp3) is 0.538. The van der Waals surface area contributed by atoms with Crippen LogP contribution in [0.25, 0.3) is 0 Å². The molecule has 2 rings (SSSR count). The van der Waals surface area contributed by atoms with Crippen LogP contribution in [0.4, 0.5) is 0 Å². The van der Waals surface area contributed by atoms with E-state index in [2.05, 4.69) is 36.1 Å². The highest BCUT2D eigenvalue weighted by Gasteiger charge is 2.14. The minimum Gasteiger partial charge on any atom is -0.297 e. The molecule has 0 amide bonds. The molecule has 3 heteroatoms. The van der Waals surface area contributed by atoms with Crippen molar-refractivity contribution >= 4 is 10.8 Å². The largest absolute Gasteiger partial charge is 0.297 e. The predicted octanol–water partition coefficient (Wildman–Crippen LogP) is 1.81. The smallest absolute Gasteiger partial charge is 0.0363 e. The number of hydrogen-bond donors (Lipinski definition) is 0. The first kappa shape index (κ1) is 11.8. The zero-order chi connectivity index (χ0) is 11.4. The van der Waals surface area contributed by atoms with Crippen molar-refractivity contribution in [1.82, 2.24) is 4.90 Å². The summed E-state index contributed by atoms with van der Waals surface area (Å²) < 4.78 is 11.2. The fourth-order valence-electron chi connectivity index (χ4n) is 2.04. The van der Waals surface area contributed by atoms with Crippen molar-refractivity contribution in [3.05, 3.63) is 35.4 Å². The molecule has 1 aliphatic rings. The normalized spacial score (nSPS) is 18.8. The van der Waals surface area contributed by atoms with E-state index in [9.17, 15) is 4.21 Å². The van der Waals surface area contributed by atoms with Gasteiger partial charge in [0.1, 0.15) is 0 Å². The Balaban J connectivity index is 1.95. The highest BCUT2D eigenvalue weighted by Crippen LogP contribution is 2.10. The van der Waals surface area contributed by atoms with E-state index in [1.807, 2.05) is 0 Å². The molecule has 1 aliphatic heterocycles. The van der Waals surface area contributed by atoms with Crippen molar-refractivity contribution in [2.24, 2.45) is 0 Å². The molecule has 16 heavy (non-hydrogen) atoms. The predicted molar refractivity (Wildman–Crippen MR) is 69.0 cm³/mol. The van der Waals surface area contributed by atoms with Crippen LogP contribution >= 0.6 is 0 Å². The van der Waals surface area contributed by atoms with Gasteiger partial charge in [-0.15, -0.1) is 0 Å². The molecule has 1 heterocycles. The van der Waals surface area contributed by atoms with Crippen molar-refractivity contribution in [3.8, 4) is 0 Å². The lowest BCUT2D eigenvalue weighted by Gasteiger charge is -2.26. The van der Waals surface area contributed by atoms with Crippen molar-refractivity contribution in [3.63, 3.8) is 0 Å². The van der Waals surface area contributed by atoms with Gasteiger partial charge in [-0.3, -0.25) is 9.11 Å². The molecule has 0 radical (unpaired) electrons. The van der Waals surface area contributed by atoms with E-state index in [4.69, 9.17) is 0 Å². The lowest BCUT2D eigenvalue weighted by Crippen LogP contribution is -2.37. The van der Waals surface area contributed by atoms with E-state index in [-0.39, 0.29) is 0 Å². The molecule has 1 aromatic carbocycles. The third-order valence-electron chi connectivity index (χ3n) is 3.08. The van der Waals surface area contributed by atoms with Gasteiger partial charge in [-0.05, 0) is 17.5 Å². The van der Waals surface area contributed by atoms with Gasteiger partial charge in [-0.2, -0.15) is 0 Å². The second-order valence-corrected chi connectivity index (χ2v) is 5.99. The Hall–Kier alpha value is -0.670. The topological polar surface area (TPSA) is 20.3 Å². The molecule has 1 fully saturated rings. The van der Waals surface area contributed by atoms with Gasteiger partial charge in [0.15, 0.2) is 0 Å². The maximum absolute atomic E-state index is 11.2. The lowest BCUT2D eigenvalue weighted by atomic mass is 10.1. The number of rotatable bonds is 3. The third-order valence-corrected chi connectivity index (χ3v) is 4.35. The molecule has 0 N–H and O–H groups in total. The summed E-state index contributed by atoms with van der Waals surface area (Å²) >= 11 is 0. The van der Waals surface area contributed by atoms with Crippen LogP contribution in [0.3, 0.4) is 0 Å². The molecule has 2 nitrogen and oxygen atoms in total. The van der Waals surface area contributed by atoms with Gasteiger partial charge in [-0.1, -0.05) is 31.2 Å². The zero-order valence-corrected chi connectivity index (χ0v) is 10.6. The highest BCUT2D eigenvalue weighted by atomic mass is 32.2. The molecule has 1 aromatic rings. The Morgan fingerprint density at radius 2 is 1.94 bits per heavy atom. The average molecular weight is 237 g/mol. The third kappa shape index (κ3) is 3.16. The van der Waals surface area contributed by atoms with E-state index in [1.54, 1.807) is 0 Å². The molecule has 0 aromatic heterocycles. The average Bonchev–Trinajstić information content (AvgIpc) is 2.32. The maximum atomic E-state index is 11.2. The number of aryl methyl sites for hydroxylation is 1. The van der Waals surface area contributed by atoms with Crippen LogP contribution in [-0.4, -0.2) is 33.7 Å². The second-order valence-electron chi connectivity index (χ2n) is 4.30. The molecular formula is C13H19NOS. The Bertz CT molecular complexity index is 368. The number of hydrogen-bond acceptors (Lipinski definition) is 2. The van der Waals surface area contributed by atoms with E-state index >= 15 is 0 Å². The molecule has 0 bridgehead atoms. The minimum absolute atomic E-state index is 0.567. The SMILES string of the molecule is CCc1cccc(CN2CCS(=O)CC2)c1. The van der Waals surface area contributed by atoms with Crippen LogP contribution in [0.15, 0.2) is 24.3 Å². The highest BCUT2D eigenvalue weighted by molar-refractivity contribution is 7.85. The Morgan fingerprint density at radius 1 is 1.25 bits per heavy atom. The molecule has 0 unspecified atom stereocenters. The molecule has 0 spiro atoms. The van der Waals surface area contributed by atoms with Crippen molar-refractivity contribution < 1.29 is 4.21 Å². The van der Waals surface area contributed by atoms with E-state index in [0.29, 0.717) is 0 Å². The van der Waals surface area contributed by atoms with Gasteiger partial charge < -0.3 is 0 Å². The Labute approximate surface area is 100 Å². The Morgan fingerprint density at radius 3 is 2.62 bits per heavy atom. The fourth-order valence-corrected chi connectivity index (χ4v) is 3.17. The summed E-state index contributed by atoms with van der Waals surface area (Å²) in [7, 11) is -0.567. The van der Waals surface area contributed by atoms with Gasteiger partial charge in [0, 0.05) is 41.9 Å². The lowest BCUT2D eigenvalue weighted by molar-refractivity contribution is 0.291. The summed E-state index contributed by atoms with van der Waals surface area (Å²) in [6.45, 7) is 5.14. The van der Waals surface area contributed by atoms with Crippen LogP contribution in [-0.2, 0) is 23.8 Å². The second kappa shape index (κ2) is 5.60.